The van der Waals surface area contributed by atoms with Crippen molar-refractivity contribution in [2.45, 2.75) is 17.9 Å². The average Bonchev–Trinajstić information content (AvgIpc) is 2.67. The van der Waals surface area contributed by atoms with Crippen LogP contribution in [0.1, 0.15) is 17.2 Å². The lowest BCUT2D eigenvalue weighted by Crippen LogP contribution is -2.47. The Balaban J connectivity index is 2.09. The Morgan fingerprint density at radius 1 is 1.17 bits per heavy atom. The van der Waals surface area contributed by atoms with Crippen molar-refractivity contribution in [2.75, 3.05) is 12.9 Å². The number of nitrogens with one attached hydrogen (secondary N) is 2. The predicted octanol–water partition coefficient (Wildman–Crippen LogP) is 2.90. The van der Waals surface area contributed by atoms with Crippen LogP contribution in [0.4, 0.5) is 4.79 Å². The second-order valence-corrected chi connectivity index (χ2v) is 8.97. The molecule has 9 heteroatoms. The lowest BCUT2D eigenvalue weighted by Gasteiger charge is -2.29. The monoisotopic (exact) mass is 434 g/mol. The standard InChI is InChI=1S/C20H19ClN2O5S/c1-12-6-8-15(9-7-12)29(26,27)11-16-17(19(24)28-2)18(23-20(25)22-16)13-4-3-5-14(21)10-13/h3-10,18H,11H2,1-2H3,(H2,22,23,25). The van der Waals surface area contributed by atoms with Crippen molar-refractivity contribution in [3.8, 4) is 0 Å². The molecule has 3 rings (SSSR count). The van der Waals surface area contributed by atoms with E-state index in [1.165, 1.54) is 19.2 Å². The van der Waals surface area contributed by atoms with Gasteiger partial charge in [0, 0.05) is 10.7 Å². The SMILES string of the molecule is COC(=O)C1=C(CS(=O)(=O)c2ccc(C)cc2)NC(=O)NC1c1cccc(Cl)c1. The van der Waals surface area contributed by atoms with Gasteiger partial charge in [-0.15, -0.1) is 0 Å². The van der Waals surface area contributed by atoms with E-state index in [1.807, 2.05) is 6.92 Å². The summed E-state index contributed by atoms with van der Waals surface area (Å²) in [5, 5.41) is 5.49. The van der Waals surface area contributed by atoms with Gasteiger partial charge >= 0.3 is 12.0 Å². The summed E-state index contributed by atoms with van der Waals surface area (Å²) >= 11 is 6.04. The van der Waals surface area contributed by atoms with E-state index in [1.54, 1.807) is 36.4 Å². The van der Waals surface area contributed by atoms with Crippen molar-refractivity contribution in [1.29, 1.82) is 0 Å². The lowest BCUT2D eigenvalue weighted by molar-refractivity contribution is -0.136. The number of hydrogen-bond donors (Lipinski definition) is 2. The molecule has 29 heavy (non-hydrogen) atoms. The van der Waals surface area contributed by atoms with Crippen molar-refractivity contribution in [3.63, 3.8) is 0 Å². The first-order valence-corrected chi connectivity index (χ1v) is 10.7. The Bertz CT molecular complexity index is 1090. The smallest absolute Gasteiger partial charge is 0.338 e. The highest BCUT2D eigenvalue weighted by Crippen LogP contribution is 2.30. The van der Waals surface area contributed by atoms with Gasteiger partial charge in [-0.05, 0) is 36.8 Å². The van der Waals surface area contributed by atoms with Crippen LogP contribution in [0.15, 0.2) is 64.7 Å². The molecule has 1 heterocycles. The van der Waals surface area contributed by atoms with Crippen LogP contribution < -0.4 is 10.6 Å². The molecule has 2 N–H and O–H groups in total. The third-order valence-corrected chi connectivity index (χ3v) is 6.35. The van der Waals surface area contributed by atoms with Gasteiger partial charge in [0.15, 0.2) is 9.84 Å². The van der Waals surface area contributed by atoms with E-state index in [4.69, 9.17) is 16.3 Å². The third kappa shape index (κ3) is 4.60. The first-order chi connectivity index (χ1) is 13.7. The molecule has 1 atom stereocenters. The van der Waals surface area contributed by atoms with Crippen molar-refractivity contribution < 1.29 is 22.7 Å². The number of rotatable bonds is 5. The Morgan fingerprint density at radius 3 is 2.48 bits per heavy atom. The summed E-state index contributed by atoms with van der Waals surface area (Å²) in [6.07, 6.45) is 0. The maximum atomic E-state index is 12.9. The highest BCUT2D eigenvalue weighted by molar-refractivity contribution is 7.91. The first-order valence-electron chi connectivity index (χ1n) is 8.65. The molecule has 0 fully saturated rings. The molecule has 0 saturated carbocycles. The number of halogens is 1. The van der Waals surface area contributed by atoms with E-state index >= 15 is 0 Å². The van der Waals surface area contributed by atoms with Crippen LogP contribution >= 0.6 is 11.6 Å². The van der Waals surface area contributed by atoms with Gasteiger partial charge < -0.3 is 15.4 Å². The summed E-state index contributed by atoms with van der Waals surface area (Å²) in [5.41, 5.74) is 1.41. The van der Waals surface area contributed by atoms with Crippen molar-refractivity contribution in [1.82, 2.24) is 10.6 Å². The highest BCUT2D eigenvalue weighted by Gasteiger charge is 2.35. The molecule has 0 aromatic heterocycles. The number of sulfone groups is 1. The van der Waals surface area contributed by atoms with Crippen molar-refractivity contribution in [3.05, 3.63) is 76.0 Å². The number of carbonyl (C=O) groups is 2. The molecule has 0 saturated heterocycles. The Hall–Kier alpha value is -2.84. The Morgan fingerprint density at radius 2 is 1.86 bits per heavy atom. The Labute approximate surface area is 173 Å². The van der Waals surface area contributed by atoms with E-state index in [0.29, 0.717) is 10.6 Å². The molecule has 1 unspecified atom stereocenters. The van der Waals surface area contributed by atoms with E-state index in [9.17, 15) is 18.0 Å². The average molecular weight is 435 g/mol. The fourth-order valence-corrected chi connectivity index (χ4v) is 4.56. The number of amides is 2. The fraction of sp³-hybridized carbons (Fsp3) is 0.200. The Kier molecular flexibility index (Phi) is 5.95. The normalized spacial score (nSPS) is 16.8. The number of aryl methyl sites for hydroxylation is 1. The largest absolute Gasteiger partial charge is 0.466 e. The van der Waals surface area contributed by atoms with Crippen LogP contribution in [-0.2, 0) is 19.4 Å². The first kappa shape index (κ1) is 20.9. The third-order valence-electron chi connectivity index (χ3n) is 4.46. The molecule has 2 aromatic rings. The minimum absolute atomic E-state index is 0.00468. The zero-order valence-electron chi connectivity index (χ0n) is 15.7. The van der Waals surface area contributed by atoms with Gasteiger partial charge in [-0.25, -0.2) is 18.0 Å². The summed E-state index contributed by atoms with van der Waals surface area (Å²) in [4.78, 5) is 24.8. The van der Waals surface area contributed by atoms with Gasteiger partial charge in [-0.1, -0.05) is 41.4 Å². The fourth-order valence-electron chi connectivity index (χ4n) is 3.04. The number of urea groups is 1. The second-order valence-electron chi connectivity index (χ2n) is 6.54. The van der Waals surface area contributed by atoms with Crippen LogP contribution in [0, 0.1) is 6.92 Å². The molecule has 2 amide bonds. The minimum Gasteiger partial charge on any atom is -0.466 e. The van der Waals surface area contributed by atoms with Crippen molar-refractivity contribution in [2.24, 2.45) is 0 Å². The van der Waals surface area contributed by atoms with Gasteiger partial charge in [0.05, 0.1) is 29.4 Å². The zero-order chi connectivity index (χ0) is 21.2. The van der Waals surface area contributed by atoms with Gasteiger partial charge in [-0.2, -0.15) is 0 Å². The molecule has 0 aliphatic carbocycles. The quantitative estimate of drug-likeness (QED) is 0.704. The van der Waals surface area contributed by atoms with E-state index in [0.717, 1.165) is 5.56 Å². The molecule has 2 aromatic carbocycles. The van der Waals surface area contributed by atoms with Gasteiger partial charge in [0.2, 0.25) is 0 Å². The molecule has 1 aliphatic rings. The van der Waals surface area contributed by atoms with Crippen LogP contribution in [0.25, 0.3) is 0 Å². The van der Waals surface area contributed by atoms with Gasteiger partial charge in [0.1, 0.15) is 0 Å². The molecule has 0 spiro atoms. The number of benzene rings is 2. The van der Waals surface area contributed by atoms with E-state index in [2.05, 4.69) is 10.6 Å². The van der Waals surface area contributed by atoms with Crippen LogP contribution in [0.2, 0.25) is 5.02 Å². The maximum absolute atomic E-state index is 12.9. The molecule has 0 bridgehead atoms. The number of carbonyl (C=O) groups excluding carboxylic acids is 2. The number of esters is 1. The molecule has 1 aliphatic heterocycles. The summed E-state index contributed by atoms with van der Waals surface area (Å²) in [7, 11) is -2.64. The van der Waals surface area contributed by atoms with E-state index in [-0.39, 0.29) is 16.2 Å². The number of methoxy groups -OCH3 is 1. The summed E-state index contributed by atoms with van der Waals surface area (Å²) in [6, 6.07) is 11.4. The van der Waals surface area contributed by atoms with E-state index < -0.39 is 33.6 Å². The zero-order valence-corrected chi connectivity index (χ0v) is 17.3. The predicted molar refractivity (Wildman–Crippen MR) is 108 cm³/mol. The number of ether oxygens (including phenoxy) is 1. The van der Waals surface area contributed by atoms with Crippen LogP contribution in [0.5, 0.6) is 0 Å². The van der Waals surface area contributed by atoms with Crippen LogP contribution in [0.3, 0.4) is 0 Å². The lowest BCUT2D eigenvalue weighted by atomic mass is 9.95. The summed E-state index contributed by atoms with van der Waals surface area (Å²) in [6.45, 7) is 1.84. The van der Waals surface area contributed by atoms with Crippen molar-refractivity contribution >= 4 is 33.4 Å². The molecule has 152 valence electrons. The molecular weight excluding hydrogens is 416 g/mol. The summed E-state index contributed by atoms with van der Waals surface area (Å²) in [5.74, 6) is -1.32. The van der Waals surface area contributed by atoms with Gasteiger partial charge in [-0.3, -0.25) is 0 Å². The molecule has 7 nitrogen and oxygen atoms in total. The number of hydrogen-bond acceptors (Lipinski definition) is 5. The second kappa shape index (κ2) is 8.26. The molecule has 0 radical (unpaired) electrons. The highest BCUT2D eigenvalue weighted by atomic mass is 35.5. The minimum atomic E-state index is -3.82. The molecular formula is C20H19ClN2O5S. The summed E-state index contributed by atoms with van der Waals surface area (Å²) < 4.78 is 30.6. The van der Waals surface area contributed by atoms with Gasteiger partial charge in [0.25, 0.3) is 0 Å². The maximum Gasteiger partial charge on any atom is 0.338 e. The van der Waals surface area contributed by atoms with Crippen LogP contribution in [-0.4, -0.2) is 33.3 Å². The topological polar surface area (TPSA) is 102 Å².